The first-order valence-electron chi connectivity index (χ1n) is 9.53. The third-order valence-corrected chi connectivity index (χ3v) is 6.12. The van der Waals surface area contributed by atoms with Crippen LogP contribution in [0, 0.1) is 0 Å². The monoisotopic (exact) mass is 411 g/mol. The van der Waals surface area contributed by atoms with Crippen molar-refractivity contribution in [2.45, 2.75) is 25.7 Å². The maximum Gasteiger partial charge on any atom is 0.230 e. The van der Waals surface area contributed by atoms with Crippen LogP contribution >= 0.6 is 22.9 Å². The van der Waals surface area contributed by atoms with E-state index < -0.39 is 0 Å². The summed E-state index contributed by atoms with van der Waals surface area (Å²) in [6, 6.07) is 15.7. The van der Waals surface area contributed by atoms with E-state index in [9.17, 15) is 4.79 Å². The minimum Gasteiger partial charge on any atom is -0.372 e. The lowest BCUT2D eigenvalue weighted by atomic mass is 10.1. The summed E-state index contributed by atoms with van der Waals surface area (Å²) in [5, 5.41) is 6.38. The smallest absolute Gasteiger partial charge is 0.230 e. The Morgan fingerprint density at radius 1 is 1.07 bits per heavy atom. The van der Waals surface area contributed by atoms with Gasteiger partial charge in [0.25, 0.3) is 0 Å². The number of benzene rings is 2. The van der Waals surface area contributed by atoms with Gasteiger partial charge in [-0.2, -0.15) is 0 Å². The maximum atomic E-state index is 12.4. The molecule has 1 aliphatic rings. The summed E-state index contributed by atoms with van der Waals surface area (Å²) in [7, 11) is 0. The Kier molecular flexibility index (Phi) is 5.93. The average molecular weight is 412 g/mol. The number of aromatic nitrogens is 1. The van der Waals surface area contributed by atoms with E-state index in [0.29, 0.717) is 5.02 Å². The summed E-state index contributed by atoms with van der Waals surface area (Å²) in [4.78, 5) is 19.4. The van der Waals surface area contributed by atoms with Crippen LogP contribution in [-0.2, 0) is 11.2 Å². The number of hydrogen-bond acceptors (Lipinski definition) is 4. The fourth-order valence-electron chi connectivity index (χ4n) is 3.42. The second kappa shape index (κ2) is 8.76. The molecule has 0 radical (unpaired) electrons. The number of carbonyl (C=O) groups is 1. The van der Waals surface area contributed by atoms with Crippen molar-refractivity contribution in [3.8, 4) is 10.6 Å². The molecule has 2 aromatic carbocycles. The summed E-state index contributed by atoms with van der Waals surface area (Å²) < 4.78 is 0. The minimum atomic E-state index is -0.0678. The van der Waals surface area contributed by atoms with Gasteiger partial charge in [0.1, 0.15) is 5.01 Å². The Balaban J connectivity index is 1.36. The third-order valence-electron chi connectivity index (χ3n) is 4.87. The summed E-state index contributed by atoms with van der Waals surface area (Å²) in [6.45, 7) is 2.23. The van der Waals surface area contributed by atoms with Crippen molar-refractivity contribution in [1.29, 1.82) is 0 Å². The lowest BCUT2D eigenvalue weighted by molar-refractivity contribution is -0.115. The van der Waals surface area contributed by atoms with Crippen LogP contribution in [0.15, 0.2) is 53.9 Å². The zero-order chi connectivity index (χ0) is 19.3. The van der Waals surface area contributed by atoms with E-state index in [1.807, 2.05) is 41.8 Å². The number of hydrogen-bond donors (Lipinski definition) is 1. The minimum absolute atomic E-state index is 0.0678. The topological polar surface area (TPSA) is 45.2 Å². The fraction of sp³-hybridized carbons (Fsp3) is 0.273. The van der Waals surface area contributed by atoms with E-state index in [0.717, 1.165) is 35.0 Å². The van der Waals surface area contributed by atoms with E-state index in [-0.39, 0.29) is 12.3 Å². The number of carbonyl (C=O) groups excluding carboxylic acids is 1. The highest BCUT2D eigenvalue weighted by atomic mass is 35.5. The summed E-state index contributed by atoms with van der Waals surface area (Å²) in [5.74, 6) is -0.0678. The molecule has 3 aromatic rings. The molecule has 0 aliphatic carbocycles. The van der Waals surface area contributed by atoms with Crippen LogP contribution in [0.2, 0.25) is 5.02 Å². The van der Waals surface area contributed by atoms with Gasteiger partial charge in [-0.15, -0.1) is 11.3 Å². The van der Waals surface area contributed by atoms with Crippen LogP contribution < -0.4 is 10.2 Å². The largest absolute Gasteiger partial charge is 0.372 e. The van der Waals surface area contributed by atoms with Gasteiger partial charge in [-0.25, -0.2) is 4.98 Å². The number of rotatable bonds is 5. The van der Waals surface area contributed by atoms with E-state index in [1.165, 1.54) is 36.3 Å². The number of nitrogens with one attached hydrogen (secondary N) is 1. The summed E-state index contributed by atoms with van der Waals surface area (Å²) in [6.07, 6.45) is 4.07. The molecule has 1 aromatic heterocycles. The molecular formula is C22H22ClN3OS. The van der Waals surface area contributed by atoms with Crippen LogP contribution in [-0.4, -0.2) is 24.0 Å². The molecule has 144 valence electrons. The van der Waals surface area contributed by atoms with E-state index in [4.69, 9.17) is 11.6 Å². The van der Waals surface area contributed by atoms with Crippen LogP contribution in [0.1, 0.15) is 25.0 Å². The van der Waals surface area contributed by atoms with Crippen LogP contribution in [0.5, 0.6) is 0 Å². The molecule has 0 bridgehead atoms. The normalized spacial score (nSPS) is 14.1. The van der Waals surface area contributed by atoms with Crippen LogP contribution in [0.3, 0.4) is 0 Å². The van der Waals surface area contributed by atoms with Gasteiger partial charge in [0.2, 0.25) is 5.91 Å². The van der Waals surface area contributed by atoms with Gasteiger partial charge in [-0.05, 0) is 49.6 Å². The third kappa shape index (κ3) is 4.54. The van der Waals surface area contributed by atoms with Crippen molar-refractivity contribution in [2.24, 2.45) is 0 Å². The molecule has 1 saturated heterocycles. The Morgan fingerprint density at radius 2 is 1.82 bits per heavy atom. The molecule has 1 N–H and O–H groups in total. The SMILES string of the molecule is O=C(Cc1csc(-c2ccccc2Cl)n1)Nc1ccc(N2CCCCC2)cc1. The van der Waals surface area contributed by atoms with Gasteiger partial charge in [-0.1, -0.05) is 29.8 Å². The second-order valence-electron chi connectivity index (χ2n) is 6.94. The first kappa shape index (κ1) is 19.0. The molecule has 1 amide bonds. The van der Waals surface area contributed by atoms with Crippen molar-refractivity contribution in [2.75, 3.05) is 23.3 Å². The molecule has 4 rings (SSSR count). The average Bonchev–Trinajstić information content (AvgIpc) is 3.17. The standard InChI is InChI=1S/C22H22ClN3OS/c23-20-7-3-2-6-19(20)22-25-17(15-28-22)14-21(27)24-16-8-10-18(11-9-16)26-12-4-1-5-13-26/h2-3,6-11,15H,1,4-5,12-14H2,(H,24,27). The molecule has 0 unspecified atom stereocenters. The Morgan fingerprint density at radius 3 is 2.57 bits per heavy atom. The highest BCUT2D eigenvalue weighted by Gasteiger charge is 2.13. The lowest BCUT2D eigenvalue weighted by Crippen LogP contribution is -2.29. The molecule has 28 heavy (non-hydrogen) atoms. The van der Waals surface area contributed by atoms with Crippen LogP contribution in [0.4, 0.5) is 11.4 Å². The zero-order valence-corrected chi connectivity index (χ0v) is 17.1. The fourth-order valence-corrected chi connectivity index (χ4v) is 4.56. The Bertz CT molecular complexity index is 948. The first-order chi connectivity index (χ1) is 13.7. The van der Waals surface area contributed by atoms with E-state index >= 15 is 0 Å². The quantitative estimate of drug-likeness (QED) is 0.591. The van der Waals surface area contributed by atoms with Crippen molar-refractivity contribution in [3.05, 3.63) is 64.6 Å². The predicted octanol–water partition coefficient (Wildman–Crippen LogP) is 5.64. The van der Waals surface area contributed by atoms with Gasteiger partial charge in [-0.3, -0.25) is 4.79 Å². The molecule has 0 saturated carbocycles. The van der Waals surface area contributed by atoms with Crippen molar-refractivity contribution in [3.63, 3.8) is 0 Å². The number of nitrogens with zero attached hydrogens (tertiary/aromatic N) is 2. The zero-order valence-electron chi connectivity index (χ0n) is 15.5. The van der Waals surface area contributed by atoms with Gasteiger partial charge in [0.15, 0.2) is 0 Å². The predicted molar refractivity (Wildman–Crippen MR) is 117 cm³/mol. The molecule has 4 nitrogen and oxygen atoms in total. The summed E-state index contributed by atoms with van der Waals surface area (Å²) in [5.41, 5.74) is 3.69. The number of piperidine rings is 1. The Hall–Kier alpha value is -2.37. The van der Waals surface area contributed by atoms with Crippen LogP contribution in [0.25, 0.3) is 10.6 Å². The van der Waals surface area contributed by atoms with Crippen molar-refractivity contribution in [1.82, 2.24) is 4.98 Å². The molecule has 0 spiro atoms. The molecule has 1 aliphatic heterocycles. The molecule has 0 atom stereocenters. The van der Waals surface area contributed by atoms with Crippen molar-refractivity contribution >= 4 is 40.2 Å². The van der Waals surface area contributed by atoms with Gasteiger partial charge < -0.3 is 10.2 Å². The van der Waals surface area contributed by atoms with Gasteiger partial charge in [0.05, 0.1) is 17.1 Å². The highest BCUT2D eigenvalue weighted by Crippen LogP contribution is 2.30. The molecule has 6 heteroatoms. The van der Waals surface area contributed by atoms with E-state index in [1.54, 1.807) is 0 Å². The molecule has 2 heterocycles. The van der Waals surface area contributed by atoms with Crippen molar-refractivity contribution < 1.29 is 4.79 Å². The first-order valence-corrected chi connectivity index (χ1v) is 10.8. The summed E-state index contributed by atoms with van der Waals surface area (Å²) >= 11 is 7.74. The molecule has 1 fully saturated rings. The van der Waals surface area contributed by atoms with E-state index in [2.05, 4.69) is 27.3 Å². The van der Waals surface area contributed by atoms with Gasteiger partial charge in [0, 0.05) is 35.4 Å². The van der Waals surface area contributed by atoms with Gasteiger partial charge >= 0.3 is 0 Å². The lowest BCUT2D eigenvalue weighted by Gasteiger charge is -2.28. The number of halogens is 1. The second-order valence-corrected chi connectivity index (χ2v) is 8.21. The highest BCUT2D eigenvalue weighted by molar-refractivity contribution is 7.13. The molecular weight excluding hydrogens is 390 g/mol. The number of thiazole rings is 1. The Labute approximate surface area is 174 Å². The number of anilines is 2. The maximum absolute atomic E-state index is 12.4. The number of amides is 1.